The fraction of sp³-hybridized carbons (Fsp3) is 0.182. The smallest absolute Gasteiger partial charge is 0.325 e. The molecule has 0 fully saturated rings. The van der Waals surface area contributed by atoms with Gasteiger partial charge in [0.05, 0.1) is 12.8 Å². The normalized spacial score (nSPS) is 10.9. The Hall–Kier alpha value is -3.59. The number of thioether (sulfide) groups is 1. The third-order valence-electron chi connectivity index (χ3n) is 4.67. The first-order valence-corrected chi connectivity index (χ1v) is 10.6. The van der Waals surface area contributed by atoms with Gasteiger partial charge in [-0.25, -0.2) is 4.79 Å². The van der Waals surface area contributed by atoms with Crippen LogP contribution in [0.15, 0.2) is 69.3 Å². The molecule has 9 heteroatoms. The topological polar surface area (TPSA) is 106 Å². The van der Waals surface area contributed by atoms with Crippen LogP contribution in [-0.2, 0) is 12.2 Å². The molecule has 158 valence electrons. The van der Waals surface area contributed by atoms with Crippen LogP contribution in [0.2, 0.25) is 0 Å². The van der Waals surface area contributed by atoms with Crippen molar-refractivity contribution in [2.75, 3.05) is 7.11 Å². The third kappa shape index (κ3) is 4.95. The van der Waals surface area contributed by atoms with Crippen molar-refractivity contribution in [3.63, 3.8) is 0 Å². The average Bonchev–Trinajstić information content (AvgIpc) is 3.15. The highest BCUT2D eigenvalue weighted by atomic mass is 32.2. The zero-order valence-corrected chi connectivity index (χ0v) is 17.9. The zero-order chi connectivity index (χ0) is 21.8. The summed E-state index contributed by atoms with van der Waals surface area (Å²) in [5.41, 5.74) is 2.67. The van der Waals surface area contributed by atoms with Crippen LogP contribution in [0.1, 0.15) is 22.6 Å². The molecule has 0 unspecified atom stereocenters. The van der Waals surface area contributed by atoms with Crippen molar-refractivity contribution in [2.24, 2.45) is 0 Å². The number of methoxy groups -OCH3 is 1. The molecule has 0 saturated heterocycles. The van der Waals surface area contributed by atoms with Gasteiger partial charge in [-0.15, -0.1) is 10.2 Å². The molecule has 0 saturated carbocycles. The minimum atomic E-state index is -0.552. The van der Waals surface area contributed by atoms with Gasteiger partial charge in [-0.1, -0.05) is 47.7 Å². The molecule has 4 rings (SSSR count). The maximum atomic E-state index is 11.7. The molecule has 0 radical (unpaired) electrons. The van der Waals surface area contributed by atoms with Gasteiger partial charge in [0.1, 0.15) is 11.6 Å². The molecule has 0 aliphatic rings. The maximum Gasteiger partial charge on any atom is 0.325 e. The molecule has 0 atom stereocenters. The largest absolute Gasteiger partial charge is 0.497 e. The Bertz CT molecular complexity index is 1280. The number of ether oxygens (including phenoxy) is 1. The van der Waals surface area contributed by atoms with Gasteiger partial charge >= 0.3 is 5.69 Å². The number of benzene rings is 2. The molecule has 2 aromatic carbocycles. The molecule has 4 aromatic rings. The molecular weight excluding hydrogens is 414 g/mol. The highest BCUT2D eigenvalue weighted by molar-refractivity contribution is 7.98. The summed E-state index contributed by atoms with van der Waals surface area (Å²) in [6.45, 7) is 2.06. The number of rotatable bonds is 7. The van der Waals surface area contributed by atoms with E-state index in [4.69, 9.17) is 4.74 Å². The van der Waals surface area contributed by atoms with Crippen LogP contribution < -0.4 is 16.0 Å². The molecular formula is C22H21N5O3S. The van der Waals surface area contributed by atoms with Gasteiger partial charge in [0.25, 0.3) is 5.56 Å². The summed E-state index contributed by atoms with van der Waals surface area (Å²) >= 11 is 1.56. The molecule has 2 N–H and O–H groups in total. The fourth-order valence-electron chi connectivity index (χ4n) is 3.13. The molecule has 31 heavy (non-hydrogen) atoms. The van der Waals surface area contributed by atoms with Gasteiger partial charge in [0.15, 0.2) is 5.16 Å². The van der Waals surface area contributed by atoms with Crippen LogP contribution in [0, 0.1) is 6.92 Å². The van der Waals surface area contributed by atoms with Gasteiger partial charge in [0.2, 0.25) is 0 Å². The van der Waals surface area contributed by atoms with Crippen molar-refractivity contribution >= 4 is 11.8 Å². The fourth-order valence-corrected chi connectivity index (χ4v) is 4.06. The molecule has 0 aliphatic carbocycles. The lowest BCUT2D eigenvalue weighted by molar-refractivity contribution is 0.414. The van der Waals surface area contributed by atoms with E-state index >= 15 is 0 Å². The Morgan fingerprint density at radius 1 is 1.03 bits per heavy atom. The summed E-state index contributed by atoms with van der Waals surface area (Å²) in [7, 11) is 1.61. The molecule has 0 bridgehead atoms. The Balaban J connectivity index is 1.71. The molecule has 0 spiro atoms. The van der Waals surface area contributed by atoms with E-state index in [1.54, 1.807) is 18.9 Å². The van der Waals surface area contributed by atoms with Crippen molar-refractivity contribution in [3.8, 4) is 11.4 Å². The van der Waals surface area contributed by atoms with E-state index in [0.29, 0.717) is 22.4 Å². The minimum absolute atomic E-state index is 0.245. The lowest BCUT2D eigenvalue weighted by atomic mass is 10.2. The monoisotopic (exact) mass is 435 g/mol. The van der Waals surface area contributed by atoms with Crippen LogP contribution in [0.25, 0.3) is 5.69 Å². The first kappa shape index (κ1) is 20.7. The van der Waals surface area contributed by atoms with Gasteiger partial charge in [-0.3, -0.25) is 14.3 Å². The van der Waals surface area contributed by atoms with Gasteiger partial charge in [-0.2, -0.15) is 0 Å². The number of nitrogens with zero attached hydrogens (tertiary/aromatic N) is 3. The Kier molecular flexibility index (Phi) is 6.03. The third-order valence-corrected chi connectivity index (χ3v) is 5.67. The Morgan fingerprint density at radius 3 is 2.58 bits per heavy atom. The van der Waals surface area contributed by atoms with E-state index in [1.807, 2.05) is 28.8 Å². The summed E-state index contributed by atoms with van der Waals surface area (Å²) in [4.78, 5) is 28.2. The van der Waals surface area contributed by atoms with E-state index in [9.17, 15) is 9.59 Å². The molecule has 8 nitrogen and oxygen atoms in total. The average molecular weight is 436 g/mol. The van der Waals surface area contributed by atoms with E-state index < -0.39 is 11.2 Å². The Morgan fingerprint density at radius 2 is 1.84 bits per heavy atom. The van der Waals surface area contributed by atoms with Crippen LogP contribution in [0.3, 0.4) is 0 Å². The summed E-state index contributed by atoms with van der Waals surface area (Å²) in [5.74, 6) is 2.03. The molecule has 0 amide bonds. The number of hydrogen-bond donors (Lipinski definition) is 2. The second-order valence-electron chi connectivity index (χ2n) is 7.00. The van der Waals surface area contributed by atoms with Crippen LogP contribution in [0.5, 0.6) is 5.75 Å². The SMILES string of the molecule is COc1cccc(-n2c(Cc3cc(=O)[nH]c(=O)[nH]3)nnc2SCc2ccc(C)cc2)c1. The van der Waals surface area contributed by atoms with Crippen molar-refractivity contribution < 1.29 is 4.74 Å². The number of aryl methyl sites for hydroxylation is 1. The summed E-state index contributed by atoms with van der Waals surface area (Å²) in [5, 5.41) is 9.43. The predicted molar refractivity (Wildman–Crippen MR) is 119 cm³/mol. The number of H-pyrrole nitrogens is 2. The predicted octanol–water partition coefficient (Wildman–Crippen LogP) is 2.84. The van der Waals surface area contributed by atoms with Crippen LogP contribution >= 0.6 is 11.8 Å². The highest BCUT2D eigenvalue weighted by Gasteiger charge is 2.16. The maximum absolute atomic E-state index is 11.7. The van der Waals surface area contributed by atoms with Crippen molar-refractivity contribution in [3.05, 3.63) is 98.1 Å². The first-order chi connectivity index (χ1) is 15.0. The van der Waals surface area contributed by atoms with Crippen molar-refractivity contribution in [2.45, 2.75) is 24.3 Å². The number of hydrogen-bond acceptors (Lipinski definition) is 6. The minimum Gasteiger partial charge on any atom is -0.497 e. The molecule has 0 aliphatic heterocycles. The highest BCUT2D eigenvalue weighted by Crippen LogP contribution is 2.27. The first-order valence-electron chi connectivity index (χ1n) is 9.61. The molecule has 2 heterocycles. The van der Waals surface area contributed by atoms with Gasteiger partial charge in [0, 0.05) is 30.0 Å². The van der Waals surface area contributed by atoms with Crippen LogP contribution in [0.4, 0.5) is 0 Å². The second-order valence-corrected chi connectivity index (χ2v) is 7.94. The summed E-state index contributed by atoms with van der Waals surface area (Å²) in [6.07, 6.45) is 0.245. The standard InChI is InChI=1S/C22H21N5O3S/c1-14-6-8-15(9-7-14)13-31-22-26-25-19(10-16-11-20(28)24-21(29)23-16)27(22)17-4-3-5-18(12-17)30-2/h3-9,11-12H,10,13H2,1-2H3,(H2,23,24,28,29). The summed E-state index contributed by atoms with van der Waals surface area (Å²) < 4.78 is 7.29. The number of aromatic nitrogens is 5. The van der Waals surface area contributed by atoms with E-state index in [0.717, 1.165) is 11.4 Å². The number of nitrogens with one attached hydrogen (secondary N) is 2. The summed E-state index contributed by atoms with van der Waals surface area (Å²) in [6, 6.07) is 17.3. The lowest BCUT2D eigenvalue weighted by Gasteiger charge is -2.11. The van der Waals surface area contributed by atoms with Crippen molar-refractivity contribution in [1.29, 1.82) is 0 Å². The second kappa shape index (κ2) is 9.05. The lowest BCUT2D eigenvalue weighted by Crippen LogP contribution is -2.23. The van der Waals surface area contributed by atoms with E-state index in [2.05, 4.69) is 51.4 Å². The van der Waals surface area contributed by atoms with Gasteiger partial charge < -0.3 is 9.72 Å². The Labute approximate surface area is 182 Å². The van der Waals surface area contributed by atoms with Crippen molar-refractivity contribution in [1.82, 2.24) is 24.7 Å². The number of aromatic amines is 2. The molecule has 2 aromatic heterocycles. The van der Waals surface area contributed by atoms with E-state index in [1.165, 1.54) is 17.2 Å². The van der Waals surface area contributed by atoms with Crippen LogP contribution in [-0.4, -0.2) is 31.8 Å². The quantitative estimate of drug-likeness (QED) is 0.433. The van der Waals surface area contributed by atoms with Gasteiger partial charge in [-0.05, 0) is 24.6 Å². The van der Waals surface area contributed by atoms with E-state index in [-0.39, 0.29) is 6.42 Å². The zero-order valence-electron chi connectivity index (χ0n) is 17.1.